The zero-order valence-corrected chi connectivity index (χ0v) is 14.4. The van der Waals surface area contributed by atoms with E-state index in [1.807, 2.05) is 17.9 Å². The van der Waals surface area contributed by atoms with Crippen molar-refractivity contribution in [3.8, 4) is 0 Å². The average molecular weight is 341 g/mol. The third-order valence-electron chi connectivity index (χ3n) is 5.12. The van der Waals surface area contributed by atoms with E-state index >= 15 is 0 Å². The van der Waals surface area contributed by atoms with Crippen molar-refractivity contribution in [1.29, 1.82) is 0 Å². The SMILES string of the molecule is CCN(Cc1cccc(F)c1)C(=O)C1CC2CCCCC2N1.Cl. The number of nitrogens with zero attached hydrogens (tertiary/aromatic N) is 1. The Labute approximate surface area is 144 Å². The van der Waals surface area contributed by atoms with E-state index in [4.69, 9.17) is 0 Å². The van der Waals surface area contributed by atoms with Crippen molar-refractivity contribution in [2.45, 2.75) is 57.7 Å². The van der Waals surface area contributed by atoms with Crippen LogP contribution in [-0.4, -0.2) is 29.4 Å². The van der Waals surface area contributed by atoms with Gasteiger partial charge in [-0.05, 0) is 49.8 Å². The Hall–Kier alpha value is -1.13. The standard InChI is InChI=1S/C18H25FN2O.ClH/c1-2-21(12-13-6-5-8-15(19)10-13)18(22)17-11-14-7-3-4-9-16(14)20-17;/h5-6,8,10,14,16-17,20H,2-4,7,9,11-12H2,1H3;1H. The summed E-state index contributed by atoms with van der Waals surface area (Å²) in [5, 5.41) is 3.54. The van der Waals surface area contributed by atoms with Gasteiger partial charge in [0, 0.05) is 19.1 Å². The van der Waals surface area contributed by atoms with E-state index < -0.39 is 0 Å². The highest BCUT2D eigenvalue weighted by atomic mass is 35.5. The van der Waals surface area contributed by atoms with E-state index in [0.29, 0.717) is 25.0 Å². The van der Waals surface area contributed by atoms with Gasteiger partial charge < -0.3 is 10.2 Å². The first kappa shape index (κ1) is 18.2. The fraction of sp³-hybridized carbons (Fsp3) is 0.611. The zero-order chi connectivity index (χ0) is 15.5. The lowest BCUT2D eigenvalue weighted by Crippen LogP contribution is -2.45. The van der Waals surface area contributed by atoms with Crippen LogP contribution in [0.25, 0.3) is 0 Å². The van der Waals surface area contributed by atoms with Gasteiger partial charge in [-0.2, -0.15) is 0 Å². The summed E-state index contributed by atoms with van der Waals surface area (Å²) < 4.78 is 13.3. The van der Waals surface area contributed by atoms with Crippen molar-refractivity contribution in [3.63, 3.8) is 0 Å². The predicted molar refractivity (Wildman–Crippen MR) is 92.0 cm³/mol. The minimum absolute atomic E-state index is 0. The minimum Gasteiger partial charge on any atom is -0.337 e. The van der Waals surface area contributed by atoms with E-state index in [1.165, 1.54) is 37.8 Å². The number of amides is 1. The predicted octanol–water partition coefficient (Wildman–Crippen LogP) is 3.52. The molecule has 1 aliphatic heterocycles. The summed E-state index contributed by atoms with van der Waals surface area (Å²) in [4.78, 5) is 14.6. The maximum atomic E-state index is 13.3. The summed E-state index contributed by atoms with van der Waals surface area (Å²) in [6.45, 7) is 3.13. The van der Waals surface area contributed by atoms with Crippen molar-refractivity contribution < 1.29 is 9.18 Å². The Morgan fingerprint density at radius 3 is 2.83 bits per heavy atom. The Kier molecular flexibility index (Phi) is 6.42. The Morgan fingerprint density at radius 2 is 2.13 bits per heavy atom. The van der Waals surface area contributed by atoms with Gasteiger partial charge in [0.2, 0.25) is 5.91 Å². The van der Waals surface area contributed by atoms with E-state index in [9.17, 15) is 9.18 Å². The Balaban J connectivity index is 0.00000192. The van der Waals surface area contributed by atoms with Crippen molar-refractivity contribution in [2.24, 2.45) is 5.92 Å². The second kappa shape index (κ2) is 8.11. The highest BCUT2D eigenvalue weighted by molar-refractivity contribution is 5.85. The smallest absolute Gasteiger partial charge is 0.240 e. The molecular formula is C18H26ClFN2O. The molecule has 1 N–H and O–H groups in total. The van der Waals surface area contributed by atoms with Gasteiger partial charge in [-0.25, -0.2) is 4.39 Å². The molecule has 128 valence electrons. The molecule has 1 heterocycles. The first-order valence-corrected chi connectivity index (χ1v) is 8.46. The first-order valence-electron chi connectivity index (χ1n) is 8.46. The van der Waals surface area contributed by atoms with Gasteiger partial charge in [-0.3, -0.25) is 4.79 Å². The number of carbonyl (C=O) groups excluding carboxylic acids is 1. The van der Waals surface area contributed by atoms with Crippen molar-refractivity contribution in [2.75, 3.05) is 6.54 Å². The van der Waals surface area contributed by atoms with Crippen LogP contribution in [0.1, 0.15) is 44.6 Å². The van der Waals surface area contributed by atoms with Gasteiger partial charge in [-0.15, -0.1) is 12.4 Å². The molecule has 23 heavy (non-hydrogen) atoms. The van der Waals surface area contributed by atoms with Crippen molar-refractivity contribution in [1.82, 2.24) is 10.2 Å². The summed E-state index contributed by atoms with van der Waals surface area (Å²) in [6.07, 6.45) is 5.98. The molecule has 0 aromatic heterocycles. The number of fused-ring (bicyclic) bond motifs is 1. The third kappa shape index (κ3) is 4.24. The Bertz CT molecular complexity index is 526. The maximum absolute atomic E-state index is 13.3. The second-order valence-electron chi connectivity index (χ2n) is 6.59. The summed E-state index contributed by atoms with van der Waals surface area (Å²) in [5.41, 5.74) is 0.852. The van der Waals surface area contributed by atoms with Gasteiger partial charge in [0.15, 0.2) is 0 Å². The van der Waals surface area contributed by atoms with E-state index in [-0.39, 0.29) is 30.2 Å². The van der Waals surface area contributed by atoms with Crippen LogP contribution in [0.3, 0.4) is 0 Å². The molecule has 1 saturated carbocycles. The molecule has 3 atom stereocenters. The van der Waals surface area contributed by atoms with Crippen LogP contribution < -0.4 is 5.32 Å². The number of halogens is 2. The largest absolute Gasteiger partial charge is 0.337 e. The van der Waals surface area contributed by atoms with E-state index in [0.717, 1.165) is 12.0 Å². The molecule has 0 spiro atoms. The normalized spacial score (nSPS) is 26.3. The number of carbonyl (C=O) groups is 1. The molecule has 0 radical (unpaired) electrons. The van der Waals surface area contributed by atoms with Gasteiger partial charge in [0.25, 0.3) is 0 Å². The molecular weight excluding hydrogens is 315 g/mol. The highest BCUT2D eigenvalue weighted by Gasteiger charge is 2.39. The van der Waals surface area contributed by atoms with Crippen molar-refractivity contribution in [3.05, 3.63) is 35.6 Å². The number of likely N-dealkylation sites (N-methyl/N-ethyl adjacent to an activating group) is 1. The molecule has 2 fully saturated rings. The molecule has 5 heteroatoms. The number of nitrogens with one attached hydrogen (secondary N) is 1. The number of hydrogen-bond acceptors (Lipinski definition) is 2. The van der Waals surface area contributed by atoms with Crippen LogP contribution in [0, 0.1) is 11.7 Å². The quantitative estimate of drug-likeness (QED) is 0.909. The molecule has 1 amide bonds. The van der Waals surface area contributed by atoms with E-state index in [1.54, 1.807) is 6.07 Å². The summed E-state index contributed by atoms with van der Waals surface area (Å²) in [6, 6.07) is 6.99. The molecule has 3 nitrogen and oxygen atoms in total. The number of benzene rings is 1. The molecule has 0 bridgehead atoms. The zero-order valence-electron chi connectivity index (χ0n) is 13.6. The first-order chi connectivity index (χ1) is 10.7. The molecule has 1 saturated heterocycles. The topological polar surface area (TPSA) is 32.3 Å². The number of rotatable bonds is 4. The molecule has 1 aromatic rings. The molecule has 1 aliphatic carbocycles. The lowest BCUT2D eigenvalue weighted by Gasteiger charge is -2.25. The van der Waals surface area contributed by atoms with Crippen LogP contribution in [0.4, 0.5) is 4.39 Å². The highest BCUT2D eigenvalue weighted by Crippen LogP contribution is 2.33. The van der Waals surface area contributed by atoms with Gasteiger partial charge in [0.1, 0.15) is 5.82 Å². The molecule has 3 unspecified atom stereocenters. The summed E-state index contributed by atoms with van der Waals surface area (Å²) >= 11 is 0. The average Bonchev–Trinajstić information content (AvgIpc) is 2.96. The van der Waals surface area contributed by atoms with Crippen molar-refractivity contribution >= 4 is 18.3 Å². The van der Waals surface area contributed by atoms with Gasteiger partial charge in [0.05, 0.1) is 6.04 Å². The summed E-state index contributed by atoms with van der Waals surface area (Å²) in [7, 11) is 0. The van der Waals surface area contributed by atoms with Crippen LogP contribution >= 0.6 is 12.4 Å². The fourth-order valence-corrected chi connectivity index (χ4v) is 3.93. The fourth-order valence-electron chi connectivity index (χ4n) is 3.93. The van der Waals surface area contributed by atoms with Crippen LogP contribution in [0.5, 0.6) is 0 Å². The van der Waals surface area contributed by atoms with Gasteiger partial charge >= 0.3 is 0 Å². The maximum Gasteiger partial charge on any atom is 0.240 e. The third-order valence-corrected chi connectivity index (χ3v) is 5.12. The van der Waals surface area contributed by atoms with Crippen LogP contribution in [0.15, 0.2) is 24.3 Å². The number of hydrogen-bond donors (Lipinski definition) is 1. The molecule has 3 rings (SSSR count). The lowest BCUT2D eigenvalue weighted by molar-refractivity contribution is -0.133. The Morgan fingerprint density at radius 1 is 1.35 bits per heavy atom. The van der Waals surface area contributed by atoms with Crippen LogP contribution in [0.2, 0.25) is 0 Å². The van der Waals surface area contributed by atoms with E-state index in [2.05, 4.69) is 5.32 Å². The molecule has 1 aromatic carbocycles. The van der Waals surface area contributed by atoms with Crippen LogP contribution in [-0.2, 0) is 11.3 Å². The second-order valence-corrected chi connectivity index (χ2v) is 6.59. The minimum atomic E-state index is -0.244. The summed E-state index contributed by atoms with van der Waals surface area (Å²) in [5.74, 6) is 0.586. The molecule has 2 aliphatic rings. The monoisotopic (exact) mass is 340 g/mol. The van der Waals surface area contributed by atoms with Gasteiger partial charge in [-0.1, -0.05) is 25.0 Å². The lowest BCUT2D eigenvalue weighted by atomic mass is 9.85.